The fourth-order valence-electron chi connectivity index (χ4n) is 0.905. The molecule has 0 aliphatic rings. The molecule has 0 amide bonds. The summed E-state index contributed by atoms with van der Waals surface area (Å²) in [5, 5.41) is 0. The molecule has 0 aromatic carbocycles. The van der Waals surface area contributed by atoms with Crippen molar-refractivity contribution in [3.05, 3.63) is 22.9 Å². The van der Waals surface area contributed by atoms with Crippen LogP contribution in [-0.4, -0.2) is 11.3 Å². The van der Waals surface area contributed by atoms with Crippen molar-refractivity contribution in [3.63, 3.8) is 0 Å². The van der Waals surface area contributed by atoms with E-state index in [-0.39, 0.29) is 11.4 Å². The van der Waals surface area contributed by atoms with E-state index in [1.54, 1.807) is 6.92 Å². The molecule has 0 saturated carbocycles. The summed E-state index contributed by atoms with van der Waals surface area (Å²) in [6.07, 6.45) is -2.22. The number of carbonyl (C=O) groups is 1. The second-order valence-corrected chi connectivity index (χ2v) is 2.57. The minimum atomic E-state index is -2.71. The summed E-state index contributed by atoms with van der Waals surface area (Å²) >= 11 is 0. The highest BCUT2D eigenvalue weighted by molar-refractivity contribution is 5.79. The number of alkyl halides is 2. The Kier molecular flexibility index (Phi) is 2.55. The van der Waals surface area contributed by atoms with Crippen LogP contribution in [-0.2, 0) is 0 Å². The van der Waals surface area contributed by atoms with E-state index >= 15 is 0 Å². The Hall–Kier alpha value is -1.52. The Morgan fingerprint density at radius 1 is 1.62 bits per heavy atom. The van der Waals surface area contributed by atoms with Crippen LogP contribution in [0.4, 0.5) is 14.6 Å². The van der Waals surface area contributed by atoms with E-state index in [1.807, 2.05) is 0 Å². The Balaban J connectivity index is 3.30. The number of nitrogen functional groups attached to an aromatic ring is 1. The molecule has 0 spiro atoms. The first-order valence-corrected chi connectivity index (χ1v) is 3.56. The Morgan fingerprint density at radius 2 is 2.23 bits per heavy atom. The van der Waals surface area contributed by atoms with Crippen molar-refractivity contribution in [1.82, 2.24) is 4.98 Å². The van der Waals surface area contributed by atoms with E-state index in [1.165, 1.54) is 0 Å². The van der Waals surface area contributed by atoms with Crippen molar-refractivity contribution in [2.75, 3.05) is 5.73 Å². The summed E-state index contributed by atoms with van der Waals surface area (Å²) in [4.78, 5) is 13.9. The quantitative estimate of drug-likeness (QED) is 0.715. The summed E-state index contributed by atoms with van der Waals surface area (Å²) in [6.45, 7) is 1.56. The number of hydrogen-bond donors (Lipinski definition) is 1. The summed E-state index contributed by atoms with van der Waals surface area (Å²) in [5.74, 6) is -0.0279. The highest BCUT2D eigenvalue weighted by Crippen LogP contribution is 2.21. The number of halogens is 2. The average Bonchev–Trinajstić information content (AvgIpc) is 2.09. The maximum absolute atomic E-state index is 12.2. The van der Waals surface area contributed by atoms with Crippen molar-refractivity contribution in [1.29, 1.82) is 0 Å². The predicted molar refractivity (Wildman–Crippen MR) is 43.7 cm³/mol. The van der Waals surface area contributed by atoms with Gasteiger partial charge in [0.05, 0.1) is 0 Å². The summed E-state index contributed by atoms with van der Waals surface area (Å²) < 4.78 is 24.3. The maximum atomic E-state index is 12.2. The monoisotopic (exact) mass is 186 g/mol. The molecule has 1 aromatic heterocycles. The molecule has 70 valence electrons. The third kappa shape index (κ3) is 1.80. The molecule has 0 atom stereocenters. The highest BCUT2D eigenvalue weighted by atomic mass is 19.3. The predicted octanol–water partition coefficient (Wildman–Crippen LogP) is 1.72. The van der Waals surface area contributed by atoms with Crippen molar-refractivity contribution < 1.29 is 13.6 Å². The number of pyridine rings is 1. The van der Waals surface area contributed by atoms with Gasteiger partial charge in [-0.2, -0.15) is 0 Å². The zero-order valence-electron chi connectivity index (χ0n) is 6.92. The highest BCUT2D eigenvalue weighted by Gasteiger charge is 2.13. The standard InChI is InChI=1S/C8H8F2N2O/c1-4-5(3-13)2-6(7(9)10)12-8(4)11/h2-3,7H,1H3,(H2,11,12). The Labute approximate surface area is 73.6 Å². The lowest BCUT2D eigenvalue weighted by Gasteiger charge is -2.05. The van der Waals surface area contributed by atoms with Gasteiger partial charge in [0.1, 0.15) is 11.5 Å². The lowest BCUT2D eigenvalue weighted by Crippen LogP contribution is -2.02. The van der Waals surface area contributed by atoms with Crippen molar-refractivity contribution in [2.45, 2.75) is 13.3 Å². The van der Waals surface area contributed by atoms with Gasteiger partial charge >= 0.3 is 0 Å². The van der Waals surface area contributed by atoms with Gasteiger partial charge in [-0.3, -0.25) is 4.79 Å². The number of aldehydes is 1. The van der Waals surface area contributed by atoms with Crippen LogP contribution in [0, 0.1) is 6.92 Å². The number of rotatable bonds is 2. The summed E-state index contributed by atoms with van der Waals surface area (Å²) in [7, 11) is 0. The third-order valence-electron chi connectivity index (χ3n) is 1.72. The van der Waals surface area contributed by atoms with E-state index in [9.17, 15) is 13.6 Å². The van der Waals surface area contributed by atoms with Crippen LogP contribution in [0.1, 0.15) is 28.0 Å². The number of carbonyl (C=O) groups excluding carboxylic acids is 1. The fourth-order valence-corrected chi connectivity index (χ4v) is 0.905. The number of aromatic nitrogens is 1. The molecule has 1 rings (SSSR count). The molecule has 0 radical (unpaired) electrons. The van der Waals surface area contributed by atoms with Gasteiger partial charge in [0, 0.05) is 11.1 Å². The minimum absolute atomic E-state index is 0.0279. The second-order valence-electron chi connectivity index (χ2n) is 2.57. The van der Waals surface area contributed by atoms with Crippen LogP contribution in [0.25, 0.3) is 0 Å². The van der Waals surface area contributed by atoms with Crippen LogP contribution in [0.2, 0.25) is 0 Å². The molecule has 0 bridgehead atoms. The van der Waals surface area contributed by atoms with Gasteiger partial charge in [-0.15, -0.1) is 0 Å². The van der Waals surface area contributed by atoms with Crippen molar-refractivity contribution in [3.8, 4) is 0 Å². The van der Waals surface area contributed by atoms with Gasteiger partial charge in [-0.1, -0.05) is 0 Å². The smallest absolute Gasteiger partial charge is 0.280 e. The third-order valence-corrected chi connectivity index (χ3v) is 1.72. The Morgan fingerprint density at radius 3 is 2.69 bits per heavy atom. The minimum Gasteiger partial charge on any atom is -0.383 e. The van der Waals surface area contributed by atoms with Crippen molar-refractivity contribution >= 4 is 12.1 Å². The van der Waals surface area contributed by atoms with E-state index < -0.39 is 12.1 Å². The summed E-state index contributed by atoms with van der Waals surface area (Å²) in [5.41, 5.74) is 5.45. The molecule has 2 N–H and O–H groups in total. The molecule has 0 aliphatic carbocycles. The first-order valence-electron chi connectivity index (χ1n) is 3.56. The molecule has 0 unspecified atom stereocenters. The lowest BCUT2D eigenvalue weighted by molar-refractivity contribution is 0.112. The zero-order chi connectivity index (χ0) is 10.0. The molecule has 5 heteroatoms. The fraction of sp³-hybridized carbons (Fsp3) is 0.250. The SMILES string of the molecule is Cc1c(C=O)cc(C(F)F)nc1N. The van der Waals surface area contributed by atoms with E-state index in [0.717, 1.165) is 6.07 Å². The van der Waals surface area contributed by atoms with Crippen LogP contribution < -0.4 is 5.73 Å². The van der Waals surface area contributed by atoms with Crippen LogP contribution >= 0.6 is 0 Å². The number of hydrogen-bond acceptors (Lipinski definition) is 3. The van der Waals surface area contributed by atoms with Crippen molar-refractivity contribution in [2.24, 2.45) is 0 Å². The number of nitrogens with two attached hydrogens (primary N) is 1. The molecular weight excluding hydrogens is 178 g/mol. The molecule has 0 saturated heterocycles. The summed E-state index contributed by atoms with van der Waals surface area (Å²) in [6, 6.07) is 1.04. The molecule has 1 aromatic rings. The largest absolute Gasteiger partial charge is 0.383 e. The van der Waals surface area contributed by atoms with Crippen LogP contribution in [0.3, 0.4) is 0 Å². The van der Waals surface area contributed by atoms with Gasteiger partial charge < -0.3 is 5.73 Å². The molecular formula is C8H8F2N2O. The van der Waals surface area contributed by atoms with Gasteiger partial charge in [0.2, 0.25) is 0 Å². The molecule has 1 heterocycles. The van der Waals surface area contributed by atoms with Gasteiger partial charge in [-0.25, -0.2) is 13.8 Å². The number of nitrogens with zero attached hydrogens (tertiary/aromatic N) is 1. The normalized spacial score (nSPS) is 10.5. The van der Waals surface area contributed by atoms with Crippen LogP contribution in [0.5, 0.6) is 0 Å². The topological polar surface area (TPSA) is 56.0 Å². The van der Waals surface area contributed by atoms with Gasteiger partial charge in [0.15, 0.2) is 6.29 Å². The van der Waals surface area contributed by atoms with E-state index in [2.05, 4.69) is 4.98 Å². The number of anilines is 1. The maximum Gasteiger partial charge on any atom is 0.280 e. The molecule has 13 heavy (non-hydrogen) atoms. The van der Waals surface area contributed by atoms with Gasteiger partial charge in [0.25, 0.3) is 6.43 Å². The molecule has 0 fully saturated rings. The zero-order valence-corrected chi connectivity index (χ0v) is 6.92. The molecule has 3 nitrogen and oxygen atoms in total. The lowest BCUT2D eigenvalue weighted by atomic mass is 10.1. The first-order chi connectivity index (χ1) is 6.06. The van der Waals surface area contributed by atoms with Gasteiger partial charge in [-0.05, 0) is 13.0 Å². The molecule has 0 aliphatic heterocycles. The first kappa shape index (κ1) is 9.57. The van der Waals surface area contributed by atoms with E-state index in [0.29, 0.717) is 11.8 Å². The second kappa shape index (κ2) is 3.47. The van der Waals surface area contributed by atoms with Crippen LogP contribution in [0.15, 0.2) is 6.07 Å². The average molecular weight is 186 g/mol. The Bertz CT molecular complexity index is 339. The van der Waals surface area contributed by atoms with E-state index in [4.69, 9.17) is 5.73 Å².